The Bertz CT molecular complexity index is 979. The molecule has 0 radical (unpaired) electrons. The average Bonchev–Trinajstić information content (AvgIpc) is 2.67. The largest absolute Gasteiger partial charge is 0.493 e. The van der Waals surface area contributed by atoms with Crippen molar-refractivity contribution < 1.29 is 9.47 Å². The van der Waals surface area contributed by atoms with E-state index in [1.807, 2.05) is 30.3 Å². The van der Waals surface area contributed by atoms with E-state index in [0.29, 0.717) is 44.7 Å². The molecule has 0 bridgehead atoms. The topological polar surface area (TPSA) is 30.5 Å². The average molecular weight is 457 g/mol. The van der Waals surface area contributed by atoms with Crippen LogP contribution in [0, 0.1) is 0 Å². The molecule has 0 aliphatic rings. The SMILES string of the molecule is COc1cc(CNc2ccc(Cl)cc2Cl)ccc1OCc1ccc(Cl)cc1Cl. The van der Waals surface area contributed by atoms with Gasteiger partial charge in [0.1, 0.15) is 6.61 Å². The highest BCUT2D eigenvalue weighted by molar-refractivity contribution is 6.36. The van der Waals surface area contributed by atoms with E-state index < -0.39 is 0 Å². The van der Waals surface area contributed by atoms with E-state index in [1.54, 1.807) is 31.4 Å². The quantitative estimate of drug-likeness (QED) is 0.399. The molecule has 0 amide bonds. The Balaban J connectivity index is 1.67. The highest BCUT2D eigenvalue weighted by Crippen LogP contribution is 2.31. The summed E-state index contributed by atoms with van der Waals surface area (Å²) in [6.07, 6.45) is 0. The number of nitrogens with one attached hydrogen (secondary N) is 1. The Morgan fingerprint density at radius 3 is 2.18 bits per heavy atom. The van der Waals surface area contributed by atoms with E-state index in [2.05, 4.69) is 5.32 Å². The molecule has 0 atom stereocenters. The minimum absolute atomic E-state index is 0.310. The molecule has 0 unspecified atom stereocenters. The maximum absolute atomic E-state index is 6.19. The third kappa shape index (κ3) is 5.39. The highest BCUT2D eigenvalue weighted by Gasteiger charge is 2.09. The summed E-state index contributed by atoms with van der Waals surface area (Å²) < 4.78 is 11.3. The third-order valence-corrected chi connectivity index (χ3v) is 5.18. The normalized spacial score (nSPS) is 10.6. The number of anilines is 1. The molecule has 146 valence electrons. The van der Waals surface area contributed by atoms with Crippen LogP contribution in [0.3, 0.4) is 0 Å². The Morgan fingerprint density at radius 2 is 1.50 bits per heavy atom. The van der Waals surface area contributed by atoms with Crippen molar-refractivity contribution in [1.82, 2.24) is 0 Å². The standard InChI is InChI=1S/C21H17Cl4NO2/c1-27-21-8-13(11-26-19-6-5-16(23)10-18(19)25)2-7-20(21)28-12-14-3-4-15(22)9-17(14)24/h2-10,26H,11-12H2,1H3. The fraction of sp³-hybridized carbons (Fsp3) is 0.143. The van der Waals surface area contributed by atoms with Crippen molar-refractivity contribution in [2.75, 3.05) is 12.4 Å². The second-order valence-corrected chi connectivity index (χ2v) is 7.67. The zero-order valence-electron chi connectivity index (χ0n) is 14.9. The van der Waals surface area contributed by atoms with Crippen LogP contribution in [0.15, 0.2) is 54.6 Å². The Morgan fingerprint density at radius 1 is 0.786 bits per heavy atom. The van der Waals surface area contributed by atoms with Crippen LogP contribution in [0.2, 0.25) is 20.1 Å². The summed E-state index contributed by atoms with van der Waals surface area (Å²) in [6, 6.07) is 16.4. The van der Waals surface area contributed by atoms with Crippen LogP contribution in [0.25, 0.3) is 0 Å². The van der Waals surface area contributed by atoms with Gasteiger partial charge in [-0.3, -0.25) is 0 Å². The van der Waals surface area contributed by atoms with Gasteiger partial charge in [0.25, 0.3) is 0 Å². The highest BCUT2D eigenvalue weighted by atomic mass is 35.5. The van der Waals surface area contributed by atoms with Crippen LogP contribution in [0.5, 0.6) is 11.5 Å². The summed E-state index contributed by atoms with van der Waals surface area (Å²) in [6.45, 7) is 0.880. The lowest BCUT2D eigenvalue weighted by Gasteiger charge is -2.14. The molecule has 3 aromatic carbocycles. The smallest absolute Gasteiger partial charge is 0.161 e. The molecule has 0 aliphatic carbocycles. The van der Waals surface area contributed by atoms with Gasteiger partial charge in [0.05, 0.1) is 17.8 Å². The van der Waals surface area contributed by atoms with E-state index in [9.17, 15) is 0 Å². The van der Waals surface area contributed by atoms with E-state index in [4.69, 9.17) is 55.9 Å². The lowest BCUT2D eigenvalue weighted by atomic mass is 10.2. The van der Waals surface area contributed by atoms with Crippen molar-refractivity contribution in [3.8, 4) is 11.5 Å². The van der Waals surface area contributed by atoms with Gasteiger partial charge >= 0.3 is 0 Å². The second-order valence-electron chi connectivity index (χ2n) is 5.99. The number of rotatable bonds is 7. The fourth-order valence-electron chi connectivity index (χ4n) is 2.57. The summed E-state index contributed by atoms with van der Waals surface area (Å²) >= 11 is 24.2. The minimum Gasteiger partial charge on any atom is -0.493 e. The molecule has 3 rings (SSSR count). The van der Waals surface area contributed by atoms with Gasteiger partial charge in [-0.15, -0.1) is 0 Å². The summed E-state index contributed by atoms with van der Waals surface area (Å²) in [4.78, 5) is 0. The van der Waals surface area contributed by atoms with Crippen molar-refractivity contribution in [2.24, 2.45) is 0 Å². The Hall–Kier alpha value is -1.78. The van der Waals surface area contributed by atoms with Gasteiger partial charge in [-0.2, -0.15) is 0 Å². The molecule has 3 nitrogen and oxygen atoms in total. The fourth-order valence-corrected chi connectivity index (χ4v) is 3.50. The van der Waals surface area contributed by atoms with Gasteiger partial charge in [-0.25, -0.2) is 0 Å². The van der Waals surface area contributed by atoms with Gasteiger partial charge in [0, 0.05) is 27.2 Å². The van der Waals surface area contributed by atoms with Crippen LogP contribution in [-0.4, -0.2) is 7.11 Å². The van der Waals surface area contributed by atoms with Crippen LogP contribution in [-0.2, 0) is 13.2 Å². The monoisotopic (exact) mass is 455 g/mol. The summed E-state index contributed by atoms with van der Waals surface area (Å²) in [5, 5.41) is 5.60. The molecule has 28 heavy (non-hydrogen) atoms. The first kappa shape index (κ1) is 20.9. The van der Waals surface area contributed by atoms with Gasteiger partial charge in [-0.1, -0.05) is 58.5 Å². The molecule has 0 heterocycles. The number of hydrogen-bond acceptors (Lipinski definition) is 3. The third-order valence-electron chi connectivity index (χ3n) is 4.04. The van der Waals surface area contributed by atoms with Crippen LogP contribution < -0.4 is 14.8 Å². The van der Waals surface area contributed by atoms with E-state index in [0.717, 1.165) is 16.8 Å². The van der Waals surface area contributed by atoms with E-state index in [-0.39, 0.29) is 0 Å². The van der Waals surface area contributed by atoms with Crippen molar-refractivity contribution in [3.05, 3.63) is 85.8 Å². The lowest BCUT2D eigenvalue weighted by Crippen LogP contribution is -2.02. The van der Waals surface area contributed by atoms with Gasteiger partial charge < -0.3 is 14.8 Å². The van der Waals surface area contributed by atoms with Crippen LogP contribution in [0.4, 0.5) is 5.69 Å². The van der Waals surface area contributed by atoms with Crippen molar-refractivity contribution in [2.45, 2.75) is 13.2 Å². The first-order valence-corrected chi connectivity index (χ1v) is 9.90. The molecule has 0 fully saturated rings. The molecule has 1 N–H and O–H groups in total. The summed E-state index contributed by atoms with van der Waals surface area (Å²) in [5.41, 5.74) is 2.67. The van der Waals surface area contributed by atoms with Gasteiger partial charge in [-0.05, 0) is 48.0 Å². The molecular formula is C21H17Cl4NO2. The molecule has 7 heteroatoms. The van der Waals surface area contributed by atoms with Crippen LogP contribution in [0.1, 0.15) is 11.1 Å². The minimum atomic E-state index is 0.310. The molecule has 0 aliphatic heterocycles. The first-order valence-electron chi connectivity index (χ1n) is 8.39. The predicted molar refractivity (Wildman–Crippen MR) is 118 cm³/mol. The maximum Gasteiger partial charge on any atom is 0.161 e. The molecule has 0 aromatic heterocycles. The molecular weight excluding hydrogens is 440 g/mol. The predicted octanol–water partition coefficient (Wildman–Crippen LogP) is 7.50. The maximum atomic E-state index is 6.19. The van der Waals surface area contributed by atoms with Gasteiger partial charge in [0.15, 0.2) is 11.5 Å². The van der Waals surface area contributed by atoms with E-state index >= 15 is 0 Å². The number of benzene rings is 3. The molecule has 0 spiro atoms. The van der Waals surface area contributed by atoms with Crippen molar-refractivity contribution in [1.29, 1.82) is 0 Å². The Labute approximate surface area is 184 Å². The summed E-state index contributed by atoms with van der Waals surface area (Å²) in [7, 11) is 1.60. The second kappa shape index (κ2) is 9.62. The van der Waals surface area contributed by atoms with Crippen molar-refractivity contribution >= 4 is 52.1 Å². The van der Waals surface area contributed by atoms with E-state index in [1.165, 1.54) is 0 Å². The van der Waals surface area contributed by atoms with Crippen LogP contribution >= 0.6 is 46.4 Å². The lowest BCUT2D eigenvalue weighted by molar-refractivity contribution is 0.284. The number of ether oxygens (including phenoxy) is 2. The number of halogens is 4. The number of hydrogen-bond donors (Lipinski definition) is 1. The zero-order chi connectivity index (χ0) is 20.1. The van der Waals surface area contributed by atoms with Gasteiger partial charge in [0.2, 0.25) is 0 Å². The number of methoxy groups -OCH3 is 1. The zero-order valence-corrected chi connectivity index (χ0v) is 18.0. The summed E-state index contributed by atoms with van der Waals surface area (Å²) in [5.74, 6) is 1.26. The molecule has 3 aromatic rings. The Kier molecular flexibility index (Phi) is 7.19. The molecule has 0 saturated carbocycles. The first-order chi connectivity index (χ1) is 13.5. The van der Waals surface area contributed by atoms with Crippen molar-refractivity contribution in [3.63, 3.8) is 0 Å². The molecule has 0 saturated heterocycles.